The predicted molar refractivity (Wildman–Crippen MR) is 69.9 cm³/mol. The first-order valence-electron chi connectivity index (χ1n) is 6.26. The fourth-order valence-electron chi connectivity index (χ4n) is 2.13. The van der Waals surface area contributed by atoms with Gasteiger partial charge in [-0.25, -0.2) is 9.78 Å². The van der Waals surface area contributed by atoms with Gasteiger partial charge in [0.15, 0.2) is 0 Å². The van der Waals surface area contributed by atoms with Crippen LogP contribution in [0.5, 0.6) is 0 Å². The lowest BCUT2D eigenvalue weighted by atomic mass is 10.2. The Morgan fingerprint density at radius 1 is 1.39 bits per heavy atom. The van der Waals surface area contributed by atoms with Gasteiger partial charge in [0.2, 0.25) is 0 Å². The zero-order valence-electron chi connectivity index (χ0n) is 10.9. The van der Waals surface area contributed by atoms with Crippen molar-refractivity contribution in [3.05, 3.63) is 23.9 Å². The first-order valence-corrected chi connectivity index (χ1v) is 6.26. The molecule has 2 heterocycles. The summed E-state index contributed by atoms with van der Waals surface area (Å²) < 4.78 is 4.72. The Hall–Kier alpha value is -1.62. The lowest BCUT2D eigenvalue weighted by Crippen LogP contribution is -2.46. The first kappa shape index (κ1) is 12.8. The van der Waals surface area contributed by atoms with Crippen LogP contribution in [0.1, 0.15) is 17.3 Å². The van der Waals surface area contributed by atoms with E-state index in [0.29, 0.717) is 5.56 Å². The zero-order valence-corrected chi connectivity index (χ0v) is 10.9. The lowest BCUT2D eigenvalue weighted by Gasteiger charge is -2.34. The van der Waals surface area contributed by atoms with Crippen molar-refractivity contribution in [1.82, 2.24) is 9.88 Å². The zero-order chi connectivity index (χ0) is 13.0. The van der Waals surface area contributed by atoms with Crippen LogP contribution in [-0.4, -0.2) is 55.7 Å². The average molecular weight is 249 g/mol. The van der Waals surface area contributed by atoms with E-state index in [-0.39, 0.29) is 5.97 Å². The maximum absolute atomic E-state index is 11.5. The van der Waals surface area contributed by atoms with Gasteiger partial charge < -0.3 is 14.5 Å². The smallest absolute Gasteiger partial charge is 0.338 e. The standard InChI is InChI=1S/C13H19N3O2/c1-3-15-6-8-16(9-7-15)12-10-11(4-5-14-12)13(17)18-2/h4-5,10H,3,6-9H2,1-2H3. The van der Waals surface area contributed by atoms with Gasteiger partial charge in [-0.3, -0.25) is 0 Å². The summed E-state index contributed by atoms with van der Waals surface area (Å²) in [5.74, 6) is 0.541. The maximum atomic E-state index is 11.5. The third-order valence-electron chi connectivity index (χ3n) is 3.31. The molecule has 5 heteroatoms. The molecule has 0 aliphatic carbocycles. The average Bonchev–Trinajstić information content (AvgIpc) is 2.46. The second-order valence-electron chi connectivity index (χ2n) is 4.32. The Bertz CT molecular complexity index is 414. The third kappa shape index (κ3) is 2.79. The van der Waals surface area contributed by atoms with Crippen LogP contribution in [0.3, 0.4) is 0 Å². The molecule has 1 aliphatic rings. The number of esters is 1. The molecule has 1 fully saturated rings. The second kappa shape index (κ2) is 5.82. The van der Waals surface area contributed by atoms with E-state index in [2.05, 4.69) is 21.7 Å². The van der Waals surface area contributed by atoms with Gasteiger partial charge in [0, 0.05) is 32.4 Å². The Morgan fingerprint density at radius 3 is 2.72 bits per heavy atom. The van der Waals surface area contributed by atoms with Crippen molar-refractivity contribution in [1.29, 1.82) is 0 Å². The molecule has 0 saturated carbocycles. The molecule has 2 rings (SSSR count). The number of likely N-dealkylation sites (N-methyl/N-ethyl adjacent to an activating group) is 1. The highest BCUT2D eigenvalue weighted by molar-refractivity contribution is 5.90. The van der Waals surface area contributed by atoms with Gasteiger partial charge in [-0.15, -0.1) is 0 Å². The van der Waals surface area contributed by atoms with Crippen molar-refractivity contribution in [2.24, 2.45) is 0 Å². The molecule has 1 aromatic rings. The van der Waals surface area contributed by atoms with E-state index in [4.69, 9.17) is 4.74 Å². The van der Waals surface area contributed by atoms with Crippen molar-refractivity contribution in [2.75, 3.05) is 44.7 Å². The Balaban J connectivity index is 2.07. The van der Waals surface area contributed by atoms with Crippen LogP contribution < -0.4 is 4.90 Å². The third-order valence-corrected chi connectivity index (χ3v) is 3.31. The van der Waals surface area contributed by atoms with Crippen LogP contribution in [0.2, 0.25) is 0 Å². The van der Waals surface area contributed by atoms with Gasteiger partial charge in [-0.1, -0.05) is 6.92 Å². The number of hydrogen-bond acceptors (Lipinski definition) is 5. The first-order chi connectivity index (χ1) is 8.74. The Labute approximate surface area is 107 Å². The van der Waals surface area contributed by atoms with Crippen molar-refractivity contribution in [2.45, 2.75) is 6.92 Å². The molecular weight excluding hydrogens is 230 g/mol. The number of pyridine rings is 1. The van der Waals surface area contributed by atoms with Crippen LogP contribution in [0.25, 0.3) is 0 Å². The van der Waals surface area contributed by atoms with Crippen LogP contribution in [0.4, 0.5) is 5.82 Å². The number of aromatic nitrogens is 1. The van der Waals surface area contributed by atoms with Crippen LogP contribution in [0, 0.1) is 0 Å². The molecule has 0 bridgehead atoms. The van der Waals surface area contributed by atoms with Crippen molar-refractivity contribution < 1.29 is 9.53 Å². The summed E-state index contributed by atoms with van der Waals surface area (Å²) in [7, 11) is 1.39. The molecule has 0 spiro atoms. The number of methoxy groups -OCH3 is 1. The Morgan fingerprint density at radius 2 is 2.11 bits per heavy atom. The fraction of sp³-hybridized carbons (Fsp3) is 0.538. The molecule has 5 nitrogen and oxygen atoms in total. The van der Waals surface area contributed by atoms with Crippen molar-refractivity contribution in [3.63, 3.8) is 0 Å². The molecule has 1 aliphatic heterocycles. The molecule has 0 aromatic carbocycles. The number of anilines is 1. The number of hydrogen-bond donors (Lipinski definition) is 0. The topological polar surface area (TPSA) is 45.7 Å². The van der Waals surface area contributed by atoms with E-state index in [1.807, 2.05) is 0 Å². The van der Waals surface area contributed by atoms with E-state index in [9.17, 15) is 4.79 Å². The maximum Gasteiger partial charge on any atom is 0.338 e. The summed E-state index contributed by atoms with van der Waals surface area (Å²) in [6.45, 7) is 7.24. The van der Waals surface area contributed by atoms with Crippen molar-refractivity contribution >= 4 is 11.8 Å². The molecule has 0 atom stereocenters. The fourth-order valence-corrected chi connectivity index (χ4v) is 2.13. The minimum atomic E-state index is -0.314. The van der Waals surface area contributed by atoms with Gasteiger partial charge >= 0.3 is 5.97 Å². The van der Waals surface area contributed by atoms with Gasteiger partial charge in [-0.2, -0.15) is 0 Å². The molecule has 1 saturated heterocycles. The van der Waals surface area contributed by atoms with E-state index < -0.39 is 0 Å². The highest BCUT2D eigenvalue weighted by Gasteiger charge is 2.17. The monoisotopic (exact) mass is 249 g/mol. The Kier molecular flexibility index (Phi) is 4.15. The van der Waals surface area contributed by atoms with Crippen LogP contribution >= 0.6 is 0 Å². The highest BCUT2D eigenvalue weighted by atomic mass is 16.5. The molecule has 98 valence electrons. The minimum Gasteiger partial charge on any atom is -0.465 e. The van der Waals surface area contributed by atoms with E-state index in [1.54, 1.807) is 18.3 Å². The minimum absolute atomic E-state index is 0.314. The summed E-state index contributed by atoms with van der Waals surface area (Å²) in [4.78, 5) is 20.4. The van der Waals surface area contributed by atoms with E-state index >= 15 is 0 Å². The number of piperazine rings is 1. The van der Waals surface area contributed by atoms with Crippen LogP contribution in [-0.2, 0) is 4.74 Å². The number of ether oxygens (including phenoxy) is 1. The lowest BCUT2D eigenvalue weighted by molar-refractivity contribution is 0.0600. The second-order valence-corrected chi connectivity index (χ2v) is 4.32. The van der Waals surface area contributed by atoms with Crippen LogP contribution in [0.15, 0.2) is 18.3 Å². The quantitative estimate of drug-likeness (QED) is 0.748. The predicted octanol–water partition coefficient (Wildman–Crippen LogP) is 1.01. The van der Waals surface area contributed by atoms with Gasteiger partial charge in [0.1, 0.15) is 5.82 Å². The number of rotatable bonds is 3. The van der Waals surface area contributed by atoms with Gasteiger partial charge in [0.25, 0.3) is 0 Å². The summed E-state index contributed by atoms with van der Waals surface area (Å²) in [5, 5.41) is 0. The molecule has 0 radical (unpaired) electrons. The SMILES string of the molecule is CCN1CCN(c2cc(C(=O)OC)ccn2)CC1. The number of nitrogens with zero attached hydrogens (tertiary/aromatic N) is 3. The largest absolute Gasteiger partial charge is 0.465 e. The summed E-state index contributed by atoms with van der Waals surface area (Å²) in [6, 6.07) is 3.48. The summed E-state index contributed by atoms with van der Waals surface area (Å²) >= 11 is 0. The summed E-state index contributed by atoms with van der Waals surface area (Å²) in [5.41, 5.74) is 0.556. The molecule has 0 N–H and O–H groups in total. The molecule has 0 amide bonds. The van der Waals surface area contributed by atoms with E-state index in [1.165, 1.54) is 7.11 Å². The number of carbonyl (C=O) groups excluding carboxylic acids is 1. The van der Waals surface area contributed by atoms with Gasteiger partial charge in [-0.05, 0) is 18.7 Å². The molecule has 0 unspecified atom stereocenters. The normalized spacial score (nSPS) is 16.7. The molecule has 18 heavy (non-hydrogen) atoms. The molecule has 1 aromatic heterocycles. The van der Waals surface area contributed by atoms with Crippen molar-refractivity contribution in [3.8, 4) is 0 Å². The van der Waals surface area contributed by atoms with Gasteiger partial charge in [0.05, 0.1) is 12.7 Å². The highest BCUT2D eigenvalue weighted by Crippen LogP contribution is 2.15. The summed E-state index contributed by atoms with van der Waals surface area (Å²) in [6.07, 6.45) is 1.66. The molecular formula is C13H19N3O2. The van der Waals surface area contributed by atoms with E-state index in [0.717, 1.165) is 38.5 Å². The number of carbonyl (C=O) groups is 1.